The highest BCUT2D eigenvalue weighted by Crippen LogP contribution is 2.24. The first-order valence-corrected chi connectivity index (χ1v) is 5.40. The number of nitrogens with two attached hydrogens (primary N) is 1. The zero-order valence-corrected chi connectivity index (χ0v) is 9.20. The number of nitrogen functional groups attached to an aromatic ring is 1. The summed E-state index contributed by atoms with van der Waals surface area (Å²) in [7, 11) is 0. The molecule has 0 fully saturated rings. The molecule has 2 aromatic rings. The van der Waals surface area contributed by atoms with Crippen molar-refractivity contribution < 1.29 is 0 Å². The van der Waals surface area contributed by atoms with E-state index in [9.17, 15) is 0 Å². The molecule has 82 valence electrons. The van der Waals surface area contributed by atoms with E-state index in [1.807, 2.05) is 16.8 Å². The first-order valence-electron chi connectivity index (χ1n) is 5.40. The van der Waals surface area contributed by atoms with Crippen LogP contribution in [0.3, 0.4) is 0 Å². The van der Waals surface area contributed by atoms with Crippen molar-refractivity contribution >= 4 is 5.82 Å². The molecule has 0 amide bonds. The Hall–Kier alpha value is -1.81. The van der Waals surface area contributed by atoms with Crippen LogP contribution in [0, 0.1) is 6.92 Å². The van der Waals surface area contributed by atoms with Gasteiger partial charge < -0.3 is 11.1 Å². The molecular formula is C12H14N4. The third-order valence-electron chi connectivity index (χ3n) is 2.95. The largest absolute Gasteiger partial charge is 0.383 e. The van der Waals surface area contributed by atoms with Gasteiger partial charge in [0.1, 0.15) is 5.82 Å². The lowest BCUT2D eigenvalue weighted by atomic mass is 10.2. The third kappa shape index (κ3) is 1.31. The maximum atomic E-state index is 6.10. The summed E-state index contributed by atoms with van der Waals surface area (Å²) in [6.07, 6.45) is 0. The Morgan fingerprint density at radius 1 is 1.38 bits per heavy atom. The maximum Gasteiger partial charge on any atom is 0.132 e. The van der Waals surface area contributed by atoms with Gasteiger partial charge in [-0.05, 0) is 24.6 Å². The molecule has 16 heavy (non-hydrogen) atoms. The van der Waals surface area contributed by atoms with E-state index in [-0.39, 0.29) is 0 Å². The Labute approximate surface area is 94.1 Å². The number of anilines is 1. The first-order chi connectivity index (χ1) is 7.75. The summed E-state index contributed by atoms with van der Waals surface area (Å²) in [6, 6.07) is 8.21. The SMILES string of the molecule is Cc1cccc(-n2nc3c(c2N)CNC3)c1. The summed E-state index contributed by atoms with van der Waals surface area (Å²) in [5.74, 6) is 0.755. The number of hydrogen-bond acceptors (Lipinski definition) is 3. The molecule has 0 aliphatic carbocycles. The number of nitrogens with one attached hydrogen (secondary N) is 1. The van der Waals surface area contributed by atoms with Crippen molar-refractivity contribution in [1.82, 2.24) is 15.1 Å². The lowest BCUT2D eigenvalue weighted by Crippen LogP contribution is -2.09. The summed E-state index contributed by atoms with van der Waals surface area (Å²) in [5.41, 5.74) is 10.6. The molecule has 1 aliphatic heterocycles. The molecule has 0 atom stereocenters. The summed E-state index contributed by atoms with van der Waals surface area (Å²) in [6.45, 7) is 3.71. The molecule has 0 saturated heterocycles. The topological polar surface area (TPSA) is 55.9 Å². The third-order valence-corrected chi connectivity index (χ3v) is 2.95. The molecule has 1 aliphatic rings. The standard InChI is InChI=1S/C12H14N4/c1-8-3-2-4-9(5-8)16-12(13)10-6-14-7-11(10)15-16/h2-5,14H,6-7,13H2,1H3. The molecule has 3 N–H and O–H groups in total. The molecule has 0 spiro atoms. The van der Waals surface area contributed by atoms with Gasteiger partial charge in [-0.2, -0.15) is 5.10 Å². The molecule has 0 unspecified atom stereocenters. The van der Waals surface area contributed by atoms with E-state index in [2.05, 4.69) is 29.5 Å². The number of rotatable bonds is 1. The Bertz CT molecular complexity index is 542. The second kappa shape index (κ2) is 3.35. The molecule has 3 rings (SSSR count). The van der Waals surface area contributed by atoms with Crippen LogP contribution in [0.5, 0.6) is 0 Å². The van der Waals surface area contributed by atoms with Gasteiger partial charge in [-0.3, -0.25) is 0 Å². The van der Waals surface area contributed by atoms with Crippen LogP contribution in [-0.4, -0.2) is 9.78 Å². The Balaban J connectivity index is 2.14. The van der Waals surface area contributed by atoms with E-state index in [1.54, 1.807) is 0 Å². The van der Waals surface area contributed by atoms with Gasteiger partial charge in [0, 0.05) is 18.7 Å². The fourth-order valence-corrected chi connectivity index (χ4v) is 2.11. The van der Waals surface area contributed by atoms with Gasteiger partial charge in [-0.15, -0.1) is 0 Å². The molecule has 4 heteroatoms. The van der Waals surface area contributed by atoms with Gasteiger partial charge in [0.05, 0.1) is 11.4 Å². The lowest BCUT2D eigenvalue weighted by molar-refractivity contribution is 0.725. The van der Waals surface area contributed by atoms with Crippen molar-refractivity contribution in [2.45, 2.75) is 20.0 Å². The van der Waals surface area contributed by atoms with Gasteiger partial charge in [-0.1, -0.05) is 12.1 Å². The predicted octanol–water partition coefficient (Wildman–Crippen LogP) is 1.37. The Kier molecular flexibility index (Phi) is 1.97. The second-order valence-corrected chi connectivity index (χ2v) is 4.16. The average molecular weight is 214 g/mol. The molecule has 1 aromatic carbocycles. The van der Waals surface area contributed by atoms with Gasteiger partial charge in [0.2, 0.25) is 0 Å². The molecule has 0 radical (unpaired) electrons. The van der Waals surface area contributed by atoms with E-state index < -0.39 is 0 Å². The Morgan fingerprint density at radius 3 is 3.00 bits per heavy atom. The van der Waals surface area contributed by atoms with Gasteiger partial charge in [-0.25, -0.2) is 4.68 Å². The fourth-order valence-electron chi connectivity index (χ4n) is 2.11. The number of nitrogens with zero attached hydrogens (tertiary/aromatic N) is 2. The summed E-state index contributed by atoms with van der Waals surface area (Å²) in [4.78, 5) is 0. The van der Waals surface area contributed by atoms with E-state index in [0.717, 1.165) is 35.9 Å². The summed E-state index contributed by atoms with van der Waals surface area (Å²) < 4.78 is 1.83. The number of hydrogen-bond donors (Lipinski definition) is 2. The van der Waals surface area contributed by atoms with Crippen molar-refractivity contribution in [1.29, 1.82) is 0 Å². The van der Waals surface area contributed by atoms with Crippen LogP contribution >= 0.6 is 0 Å². The van der Waals surface area contributed by atoms with Gasteiger partial charge >= 0.3 is 0 Å². The summed E-state index contributed by atoms with van der Waals surface area (Å²) in [5, 5.41) is 7.77. The van der Waals surface area contributed by atoms with E-state index in [4.69, 9.17) is 5.73 Å². The van der Waals surface area contributed by atoms with Crippen LogP contribution in [0.4, 0.5) is 5.82 Å². The van der Waals surface area contributed by atoms with Crippen molar-refractivity contribution in [3.63, 3.8) is 0 Å². The summed E-state index contributed by atoms with van der Waals surface area (Å²) >= 11 is 0. The van der Waals surface area contributed by atoms with Gasteiger partial charge in [0.25, 0.3) is 0 Å². The monoisotopic (exact) mass is 214 g/mol. The zero-order chi connectivity index (χ0) is 11.1. The van der Waals surface area contributed by atoms with Crippen molar-refractivity contribution in [2.75, 3.05) is 5.73 Å². The normalized spacial score (nSPS) is 14.1. The van der Waals surface area contributed by atoms with Crippen molar-refractivity contribution in [2.24, 2.45) is 0 Å². The Morgan fingerprint density at radius 2 is 2.25 bits per heavy atom. The van der Waals surface area contributed by atoms with Crippen LogP contribution in [0.15, 0.2) is 24.3 Å². The lowest BCUT2D eigenvalue weighted by Gasteiger charge is -2.06. The number of fused-ring (bicyclic) bond motifs is 1. The van der Waals surface area contributed by atoms with Gasteiger partial charge in [0.15, 0.2) is 0 Å². The highest BCUT2D eigenvalue weighted by atomic mass is 15.3. The first kappa shape index (κ1) is 9.42. The highest BCUT2D eigenvalue weighted by molar-refractivity contribution is 5.51. The minimum absolute atomic E-state index is 0.755. The smallest absolute Gasteiger partial charge is 0.132 e. The average Bonchev–Trinajstić information content (AvgIpc) is 2.82. The van der Waals surface area contributed by atoms with Crippen LogP contribution in [0.1, 0.15) is 16.8 Å². The molecule has 4 nitrogen and oxygen atoms in total. The van der Waals surface area contributed by atoms with Crippen LogP contribution in [0.25, 0.3) is 5.69 Å². The van der Waals surface area contributed by atoms with E-state index in [1.165, 1.54) is 5.56 Å². The van der Waals surface area contributed by atoms with Crippen molar-refractivity contribution in [3.8, 4) is 5.69 Å². The van der Waals surface area contributed by atoms with Crippen LogP contribution < -0.4 is 11.1 Å². The number of benzene rings is 1. The van der Waals surface area contributed by atoms with Crippen LogP contribution in [0.2, 0.25) is 0 Å². The van der Waals surface area contributed by atoms with Crippen LogP contribution in [-0.2, 0) is 13.1 Å². The predicted molar refractivity (Wildman–Crippen MR) is 63.3 cm³/mol. The second-order valence-electron chi connectivity index (χ2n) is 4.16. The van der Waals surface area contributed by atoms with Crippen molar-refractivity contribution in [3.05, 3.63) is 41.1 Å². The molecule has 0 bridgehead atoms. The number of aryl methyl sites for hydroxylation is 1. The quantitative estimate of drug-likeness (QED) is 0.753. The molecular weight excluding hydrogens is 200 g/mol. The molecule has 2 heterocycles. The minimum Gasteiger partial charge on any atom is -0.383 e. The highest BCUT2D eigenvalue weighted by Gasteiger charge is 2.20. The van der Waals surface area contributed by atoms with E-state index in [0.29, 0.717) is 0 Å². The van der Waals surface area contributed by atoms with E-state index >= 15 is 0 Å². The number of aromatic nitrogens is 2. The zero-order valence-electron chi connectivity index (χ0n) is 9.20. The molecule has 0 saturated carbocycles. The maximum absolute atomic E-state index is 6.10. The minimum atomic E-state index is 0.755. The molecule has 1 aromatic heterocycles. The fraction of sp³-hybridized carbons (Fsp3) is 0.250.